The Morgan fingerprint density at radius 2 is 1.55 bits per heavy atom. The first kappa shape index (κ1) is 16.9. The molecule has 2 nitrogen and oxygen atoms in total. The molecular formula is C14H10Br2F2O2. The SMILES string of the molecule is O=Cc1ccc(F)c(Br)c1.OCc1ccc(F)c(Br)c1. The summed E-state index contributed by atoms with van der Waals surface area (Å²) in [6.45, 7) is -0.0567. The maximum absolute atomic E-state index is 12.5. The van der Waals surface area contributed by atoms with E-state index in [1.165, 1.54) is 24.3 Å². The fourth-order valence-corrected chi connectivity index (χ4v) is 2.05. The molecule has 0 aliphatic carbocycles. The molecule has 0 spiro atoms. The molecule has 0 bridgehead atoms. The summed E-state index contributed by atoms with van der Waals surface area (Å²) in [5.41, 5.74) is 1.17. The highest BCUT2D eigenvalue weighted by Crippen LogP contribution is 2.16. The van der Waals surface area contributed by atoms with Crippen molar-refractivity contribution < 1.29 is 18.7 Å². The number of carbonyl (C=O) groups is 1. The number of carbonyl (C=O) groups excluding carboxylic acids is 1. The van der Waals surface area contributed by atoms with Crippen molar-refractivity contribution >= 4 is 38.1 Å². The molecule has 0 unspecified atom stereocenters. The molecule has 2 aromatic carbocycles. The Balaban J connectivity index is 0.000000200. The number of rotatable bonds is 2. The van der Waals surface area contributed by atoms with E-state index in [4.69, 9.17) is 5.11 Å². The van der Waals surface area contributed by atoms with Gasteiger partial charge in [-0.1, -0.05) is 6.07 Å². The first-order chi connectivity index (χ1) is 9.47. The van der Waals surface area contributed by atoms with Crippen LogP contribution < -0.4 is 0 Å². The van der Waals surface area contributed by atoms with Crippen LogP contribution in [0.5, 0.6) is 0 Å². The minimum atomic E-state index is -0.356. The fraction of sp³-hybridized carbons (Fsp3) is 0.0714. The van der Waals surface area contributed by atoms with E-state index in [2.05, 4.69) is 31.9 Å². The zero-order valence-electron chi connectivity index (χ0n) is 10.1. The molecule has 0 aliphatic rings. The molecule has 0 fully saturated rings. The van der Waals surface area contributed by atoms with Crippen molar-refractivity contribution in [2.75, 3.05) is 0 Å². The summed E-state index contributed by atoms with van der Waals surface area (Å²) in [4.78, 5) is 10.1. The molecule has 0 saturated carbocycles. The Bertz CT molecular complexity index is 604. The van der Waals surface area contributed by atoms with Gasteiger partial charge in [-0.3, -0.25) is 4.79 Å². The van der Waals surface area contributed by atoms with E-state index in [0.29, 0.717) is 26.4 Å². The van der Waals surface area contributed by atoms with E-state index in [1.54, 1.807) is 12.1 Å². The van der Waals surface area contributed by atoms with Crippen molar-refractivity contribution in [1.82, 2.24) is 0 Å². The lowest BCUT2D eigenvalue weighted by molar-refractivity contribution is 0.112. The molecule has 1 N–H and O–H groups in total. The van der Waals surface area contributed by atoms with Crippen molar-refractivity contribution in [3.05, 3.63) is 68.1 Å². The van der Waals surface area contributed by atoms with Crippen molar-refractivity contribution in [2.45, 2.75) is 6.61 Å². The zero-order valence-corrected chi connectivity index (χ0v) is 13.3. The molecule has 0 aromatic heterocycles. The minimum absolute atomic E-state index is 0.0567. The number of benzene rings is 2. The molecule has 6 heteroatoms. The van der Waals surface area contributed by atoms with E-state index >= 15 is 0 Å². The summed E-state index contributed by atoms with van der Waals surface area (Å²) in [6.07, 6.45) is 0.671. The molecule has 0 aliphatic heterocycles. The van der Waals surface area contributed by atoms with Crippen LogP contribution in [0, 0.1) is 11.6 Å². The highest BCUT2D eigenvalue weighted by Gasteiger charge is 1.98. The second kappa shape index (κ2) is 8.24. The summed E-state index contributed by atoms with van der Waals surface area (Å²) in [5.74, 6) is -0.664. The van der Waals surface area contributed by atoms with E-state index in [9.17, 15) is 13.6 Å². The first-order valence-electron chi connectivity index (χ1n) is 5.43. The standard InChI is InChI=1S/C7H6BrFO.C7H4BrFO/c2*8-6-3-5(4-10)1-2-7(6)9/h1-3,10H,4H2;1-4H. The van der Waals surface area contributed by atoms with Crippen LogP contribution >= 0.6 is 31.9 Å². The predicted octanol–water partition coefficient (Wildman–Crippen LogP) is 4.48. The van der Waals surface area contributed by atoms with Crippen molar-refractivity contribution in [2.24, 2.45) is 0 Å². The smallest absolute Gasteiger partial charge is 0.150 e. The summed E-state index contributed by atoms with van der Waals surface area (Å²) in [6, 6.07) is 8.51. The van der Waals surface area contributed by atoms with E-state index in [-0.39, 0.29) is 18.2 Å². The predicted molar refractivity (Wildman–Crippen MR) is 79.5 cm³/mol. The summed E-state index contributed by atoms with van der Waals surface area (Å²) < 4.78 is 25.7. The lowest BCUT2D eigenvalue weighted by Gasteiger charge is -1.96. The third-order valence-corrected chi connectivity index (χ3v) is 3.46. The number of halogens is 4. The maximum atomic E-state index is 12.5. The van der Waals surface area contributed by atoms with Gasteiger partial charge in [-0.15, -0.1) is 0 Å². The van der Waals surface area contributed by atoms with Crippen LogP contribution in [0.25, 0.3) is 0 Å². The first-order valence-corrected chi connectivity index (χ1v) is 7.01. The normalized spacial score (nSPS) is 9.65. The van der Waals surface area contributed by atoms with Crippen LogP contribution in [-0.4, -0.2) is 11.4 Å². The van der Waals surface area contributed by atoms with Gasteiger partial charge in [0.1, 0.15) is 17.9 Å². The van der Waals surface area contributed by atoms with Crippen molar-refractivity contribution in [1.29, 1.82) is 0 Å². The third kappa shape index (κ3) is 5.11. The van der Waals surface area contributed by atoms with E-state index < -0.39 is 0 Å². The van der Waals surface area contributed by atoms with Crippen LogP contribution in [0.1, 0.15) is 15.9 Å². The molecule has 0 amide bonds. The van der Waals surface area contributed by atoms with Crippen molar-refractivity contribution in [3.63, 3.8) is 0 Å². The van der Waals surface area contributed by atoms with Crippen LogP contribution in [0.3, 0.4) is 0 Å². The average Bonchev–Trinajstić information content (AvgIpc) is 2.45. The fourth-order valence-electron chi connectivity index (χ4n) is 1.22. The van der Waals surface area contributed by atoms with Crippen LogP contribution in [0.2, 0.25) is 0 Å². The number of aliphatic hydroxyl groups is 1. The Hall–Kier alpha value is -1.11. The quantitative estimate of drug-likeness (QED) is 0.745. The lowest BCUT2D eigenvalue weighted by Crippen LogP contribution is -1.84. The highest BCUT2D eigenvalue weighted by atomic mass is 79.9. The molecule has 20 heavy (non-hydrogen) atoms. The molecule has 106 valence electrons. The van der Waals surface area contributed by atoms with Crippen LogP contribution in [0.4, 0.5) is 8.78 Å². The molecule has 0 heterocycles. The third-order valence-electron chi connectivity index (χ3n) is 2.25. The summed E-state index contributed by atoms with van der Waals surface area (Å²) >= 11 is 5.95. The van der Waals surface area contributed by atoms with Gasteiger partial charge in [0, 0.05) is 5.56 Å². The Kier molecular flexibility index (Phi) is 6.98. The Morgan fingerprint density at radius 1 is 1.00 bits per heavy atom. The molecule has 2 rings (SSSR count). The van der Waals surface area contributed by atoms with Gasteiger partial charge in [0.25, 0.3) is 0 Å². The van der Waals surface area contributed by atoms with Crippen LogP contribution in [-0.2, 0) is 6.61 Å². The van der Waals surface area contributed by atoms with Gasteiger partial charge < -0.3 is 5.11 Å². The van der Waals surface area contributed by atoms with Gasteiger partial charge in [-0.2, -0.15) is 0 Å². The Labute approximate surface area is 131 Å². The second-order valence-electron chi connectivity index (χ2n) is 3.70. The highest BCUT2D eigenvalue weighted by molar-refractivity contribution is 9.10. The largest absolute Gasteiger partial charge is 0.392 e. The average molecular weight is 408 g/mol. The monoisotopic (exact) mass is 406 g/mol. The van der Waals surface area contributed by atoms with Gasteiger partial charge in [-0.25, -0.2) is 8.78 Å². The zero-order chi connectivity index (χ0) is 15.1. The van der Waals surface area contributed by atoms with Crippen LogP contribution in [0.15, 0.2) is 45.3 Å². The molecule has 0 radical (unpaired) electrons. The van der Waals surface area contributed by atoms with E-state index in [0.717, 1.165) is 0 Å². The van der Waals surface area contributed by atoms with Gasteiger partial charge in [0.2, 0.25) is 0 Å². The molecule has 2 aromatic rings. The molecular weight excluding hydrogens is 398 g/mol. The number of hydrogen-bond donors (Lipinski definition) is 1. The molecule has 0 atom stereocenters. The summed E-state index contributed by atoms with van der Waals surface area (Å²) in [5, 5.41) is 8.61. The minimum Gasteiger partial charge on any atom is -0.392 e. The Morgan fingerprint density at radius 3 is 2.00 bits per heavy atom. The maximum Gasteiger partial charge on any atom is 0.150 e. The number of hydrogen-bond acceptors (Lipinski definition) is 2. The van der Waals surface area contributed by atoms with Crippen molar-refractivity contribution in [3.8, 4) is 0 Å². The van der Waals surface area contributed by atoms with Gasteiger partial charge in [0.15, 0.2) is 0 Å². The van der Waals surface area contributed by atoms with Gasteiger partial charge in [-0.05, 0) is 67.8 Å². The van der Waals surface area contributed by atoms with Gasteiger partial charge in [0.05, 0.1) is 15.6 Å². The summed E-state index contributed by atoms with van der Waals surface area (Å²) in [7, 11) is 0. The topological polar surface area (TPSA) is 37.3 Å². The van der Waals surface area contributed by atoms with Gasteiger partial charge >= 0.3 is 0 Å². The lowest BCUT2D eigenvalue weighted by atomic mass is 10.2. The number of aldehydes is 1. The molecule has 0 saturated heterocycles. The number of aliphatic hydroxyl groups excluding tert-OH is 1. The van der Waals surface area contributed by atoms with E-state index in [1.807, 2.05) is 0 Å². The second-order valence-corrected chi connectivity index (χ2v) is 5.41.